The molecular weight excluding hydrogens is 413 g/mol. The van der Waals surface area contributed by atoms with Gasteiger partial charge in [0.25, 0.3) is 0 Å². The largest absolute Gasteiger partial charge is 0.493 e. The third kappa shape index (κ3) is 3.79. The van der Waals surface area contributed by atoms with E-state index in [-0.39, 0.29) is 28.6 Å². The molecule has 0 atom stereocenters. The molecule has 0 unspecified atom stereocenters. The molecule has 0 fully saturated rings. The quantitative estimate of drug-likeness (QED) is 0.398. The number of methoxy groups -OCH3 is 2. The zero-order valence-corrected chi connectivity index (χ0v) is 16.1. The van der Waals surface area contributed by atoms with Gasteiger partial charge < -0.3 is 14.8 Å². The fourth-order valence-corrected chi connectivity index (χ4v) is 2.91. The maximum atomic E-state index is 14.7. The Morgan fingerprint density at radius 2 is 1.73 bits per heavy atom. The monoisotopic (exact) mass is 424 g/mol. The molecule has 2 aromatic rings. The van der Waals surface area contributed by atoms with E-state index >= 15 is 0 Å². The van der Waals surface area contributed by atoms with Gasteiger partial charge in [-0.1, -0.05) is 23.2 Å². The molecule has 10 heteroatoms. The van der Waals surface area contributed by atoms with Crippen LogP contribution in [0.25, 0.3) is 0 Å². The second kappa shape index (κ2) is 8.24. The molecule has 1 aromatic carbocycles. The lowest BCUT2D eigenvalue weighted by Gasteiger charge is -2.18. The molecule has 0 saturated heterocycles. The summed E-state index contributed by atoms with van der Waals surface area (Å²) in [5.74, 6) is -2.92. The van der Waals surface area contributed by atoms with Gasteiger partial charge in [-0.2, -0.15) is 0 Å². The van der Waals surface area contributed by atoms with Crippen LogP contribution in [0.4, 0.5) is 19.3 Å². The fraction of sp³-hybridized carbons (Fsp3) is 0.250. The minimum atomic E-state index is -1.17. The zero-order chi connectivity index (χ0) is 19.6. The Labute approximate surface area is 163 Å². The lowest BCUT2D eigenvalue weighted by atomic mass is 10.0. The number of nitrogens with zero attached hydrogens (tertiary/aromatic N) is 1. The summed E-state index contributed by atoms with van der Waals surface area (Å²) in [6.45, 7) is 1.66. The molecule has 0 aliphatic rings. The van der Waals surface area contributed by atoms with Gasteiger partial charge >= 0.3 is 5.37 Å². The van der Waals surface area contributed by atoms with Gasteiger partial charge in [0.05, 0.1) is 19.2 Å². The Hall–Kier alpha value is -1.83. The van der Waals surface area contributed by atoms with Crippen LogP contribution in [0, 0.1) is 18.6 Å². The van der Waals surface area contributed by atoms with E-state index in [9.17, 15) is 13.6 Å². The predicted octanol–water partition coefficient (Wildman–Crippen LogP) is 5.35. The molecular formula is C16H13Cl3F2N2O3. The lowest BCUT2D eigenvalue weighted by molar-refractivity contribution is 0.268. The summed E-state index contributed by atoms with van der Waals surface area (Å²) in [4.78, 5) is 15.0. The topological polar surface area (TPSA) is 60.5 Å². The predicted molar refractivity (Wildman–Crippen MR) is 96.1 cm³/mol. The molecule has 5 nitrogen and oxygen atoms in total. The van der Waals surface area contributed by atoms with Crippen LogP contribution < -0.4 is 14.8 Å². The maximum absolute atomic E-state index is 14.7. The lowest BCUT2D eigenvalue weighted by Crippen LogP contribution is -2.11. The highest BCUT2D eigenvalue weighted by Gasteiger charge is 2.28. The molecule has 1 aromatic heterocycles. The molecule has 0 bridgehead atoms. The summed E-state index contributed by atoms with van der Waals surface area (Å²) >= 11 is 17.3. The van der Waals surface area contributed by atoms with Gasteiger partial charge in [-0.3, -0.25) is 4.79 Å². The molecule has 2 rings (SSSR count). The zero-order valence-electron chi connectivity index (χ0n) is 13.8. The first-order chi connectivity index (χ1) is 12.2. The highest BCUT2D eigenvalue weighted by Crippen LogP contribution is 2.42. The van der Waals surface area contributed by atoms with E-state index in [4.69, 9.17) is 44.3 Å². The summed E-state index contributed by atoms with van der Waals surface area (Å²) in [7, 11) is 2.39. The van der Waals surface area contributed by atoms with Crippen LogP contribution in [-0.2, 0) is 6.42 Å². The molecule has 0 aliphatic carbocycles. The Bertz CT molecular complexity index is 848. The van der Waals surface area contributed by atoms with Crippen LogP contribution in [0.5, 0.6) is 11.5 Å². The third-order valence-corrected chi connectivity index (χ3v) is 4.64. The van der Waals surface area contributed by atoms with Crippen LogP contribution in [0.3, 0.4) is 0 Å². The smallest absolute Gasteiger partial charge is 0.318 e. The van der Waals surface area contributed by atoms with Crippen LogP contribution in [0.2, 0.25) is 10.2 Å². The van der Waals surface area contributed by atoms with Crippen molar-refractivity contribution < 1.29 is 23.0 Å². The number of ether oxygens (including phenoxy) is 2. The fourth-order valence-electron chi connectivity index (χ4n) is 2.42. The number of pyridine rings is 1. The number of aromatic nitrogens is 1. The van der Waals surface area contributed by atoms with Gasteiger partial charge in [0, 0.05) is 23.7 Å². The SMILES string of the molecule is COc1c(F)c(NC(=O)Cl)c(F)c(OC)c1Cc1cnc(Cl)c(C)c1Cl. The van der Waals surface area contributed by atoms with Crippen molar-refractivity contribution in [1.29, 1.82) is 0 Å². The Kier molecular flexibility index (Phi) is 6.49. The van der Waals surface area contributed by atoms with Crippen molar-refractivity contribution in [3.05, 3.63) is 44.7 Å². The number of benzene rings is 1. The second-order valence-corrected chi connectivity index (χ2v) is 6.22. The number of rotatable bonds is 5. The van der Waals surface area contributed by atoms with Crippen molar-refractivity contribution in [1.82, 2.24) is 4.98 Å². The van der Waals surface area contributed by atoms with Crippen molar-refractivity contribution in [3.63, 3.8) is 0 Å². The molecule has 140 valence electrons. The van der Waals surface area contributed by atoms with Crippen molar-refractivity contribution >= 4 is 45.9 Å². The Morgan fingerprint density at radius 3 is 2.19 bits per heavy atom. The van der Waals surface area contributed by atoms with E-state index in [1.807, 2.05) is 5.32 Å². The van der Waals surface area contributed by atoms with Crippen LogP contribution in [-0.4, -0.2) is 24.6 Å². The van der Waals surface area contributed by atoms with Crippen molar-refractivity contribution in [3.8, 4) is 11.5 Å². The first-order valence-electron chi connectivity index (χ1n) is 7.10. The molecule has 1 amide bonds. The summed E-state index contributed by atoms with van der Waals surface area (Å²) in [5, 5.41) is 1.22. The van der Waals surface area contributed by atoms with Crippen LogP contribution in [0.15, 0.2) is 6.20 Å². The number of hydrogen-bond acceptors (Lipinski definition) is 4. The highest BCUT2D eigenvalue weighted by atomic mass is 35.5. The van der Waals surface area contributed by atoms with Gasteiger partial charge in [-0.05, 0) is 24.1 Å². The Morgan fingerprint density at radius 1 is 1.19 bits per heavy atom. The van der Waals surface area contributed by atoms with Gasteiger partial charge in [0.2, 0.25) is 0 Å². The average molecular weight is 426 g/mol. The van der Waals surface area contributed by atoms with Gasteiger partial charge in [-0.25, -0.2) is 13.8 Å². The van der Waals surface area contributed by atoms with Gasteiger partial charge in [-0.15, -0.1) is 0 Å². The minimum Gasteiger partial charge on any atom is -0.493 e. The highest BCUT2D eigenvalue weighted by molar-refractivity contribution is 6.65. The van der Waals surface area contributed by atoms with E-state index in [1.54, 1.807) is 6.92 Å². The molecule has 26 heavy (non-hydrogen) atoms. The molecule has 0 aliphatic heterocycles. The number of nitrogens with one attached hydrogen (secondary N) is 1. The number of halogens is 5. The van der Waals surface area contributed by atoms with E-state index in [2.05, 4.69) is 4.98 Å². The standard InChI is InChI=1S/C16H13Cl3F2N2O3/c1-6-9(17)7(5-22-15(6)18)4-8-13(25-2)10(20)12(23-16(19)24)11(21)14(8)26-3/h5H,4H2,1-3H3,(H,23,24). The normalized spacial score (nSPS) is 10.6. The first kappa shape index (κ1) is 20.5. The van der Waals surface area contributed by atoms with Crippen LogP contribution >= 0.6 is 34.8 Å². The van der Waals surface area contributed by atoms with Crippen molar-refractivity contribution in [2.24, 2.45) is 0 Å². The Balaban J connectivity index is 2.68. The molecule has 1 N–H and O–H groups in total. The third-order valence-electron chi connectivity index (χ3n) is 3.64. The summed E-state index contributed by atoms with van der Waals surface area (Å²) in [5.41, 5.74) is 0.246. The average Bonchev–Trinajstić information content (AvgIpc) is 2.59. The number of anilines is 1. The van der Waals surface area contributed by atoms with Crippen molar-refractivity contribution in [2.75, 3.05) is 19.5 Å². The van der Waals surface area contributed by atoms with E-state index < -0.39 is 22.7 Å². The number of carbonyl (C=O) groups excluding carboxylic acids is 1. The summed E-state index contributed by atoms with van der Waals surface area (Å²) in [6, 6.07) is 0. The summed E-state index contributed by atoms with van der Waals surface area (Å²) < 4.78 is 39.4. The summed E-state index contributed by atoms with van der Waals surface area (Å²) in [6.07, 6.45) is 1.33. The maximum Gasteiger partial charge on any atom is 0.318 e. The second-order valence-electron chi connectivity index (χ2n) is 5.14. The van der Waals surface area contributed by atoms with Gasteiger partial charge in [0.15, 0.2) is 23.1 Å². The van der Waals surface area contributed by atoms with Gasteiger partial charge in [0.1, 0.15) is 10.8 Å². The van der Waals surface area contributed by atoms with E-state index in [0.29, 0.717) is 16.1 Å². The van der Waals surface area contributed by atoms with Crippen LogP contribution in [0.1, 0.15) is 16.7 Å². The minimum absolute atomic E-state index is 0.0444. The number of amides is 1. The van der Waals surface area contributed by atoms with Crippen molar-refractivity contribution in [2.45, 2.75) is 13.3 Å². The van der Waals surface area contributed by atoms with E-state index in [1.165, 1.54) is 20.4 Å². The molecule has 1 heterocycles. The molecule has 0 spiro atoms. The number of hydrogen-bond donors (Lipinski definition) is 1. The molecule has 0 radical (unpaired) electrons. The van der Waals surface area contributed by atoms with E-state index in [0.717, 1.165) is 0 Å². The molecule has 0 saturated carbocycles. The number of carbonyl (C=O) groups is 1. The first-order valence-corrected chi connectivity index (χ1v) is 8.24.